The number of nitrogens with two attached hydrogens (primary N) is 1. The minimum absolute atomic E-state index is 0.0661. The Morgan fingerprint density at radius 2 is 2.20 bits per heavy atom. The van der Waals surface area contributed by atoms with Gasteiger partial charge in [0.15, 0.2) is 0 Å². The average Bonchev–Trinajstić information content (AvgIpc) is 2.41. The fraction of sp³-hybridized carbons (Fsp3) is 0.600. The number of nitrogens with zero attached hydrogens (tertiary/aromatic N) is 3. The first kappa shape index (κ1) is 14.8. The molecule has 1 atom stereocenters. The van der Waals surface area contributed by atoms with Crippen molar-refractivity contribution < 1.29 is 4.79 Å². The number of rotatable bonds is 3. The SMILES string of the molecule is CCCc1cc(C(=O)N2CCN(C)C(C)C2)cc(N)n1. The highest BCUT2D eigenvalue weighted by molar-refractivity contribution is 5.95. The Bertz CT molecular complexity index is 489. The van der Waals surface area contributed by atoms with Gasteiger partial charge in [-0.1, -0.05) is 13.3 Å². The molecule has 0 spiro atoms. The van der Waals surface area contributed by atoms with Crippen LogP contribution in [0.1, 0.15) is 36.3 Å². The van der Waals surface area contributed by atoms with E-state index in [2.05, 4.69) is 30.8 Å². The first-order valence-corrected chi connectivity index (χ1v) is 7.27. The minimum atomic E-state index is 0.0661. The largest absolute Gasteiger partial charge is 0.384 e. The smallest absolute Gasteiger partial charge is 0.254 e. The van der Waals surface area contributed by atoms with Gasteiger partial charge in [0.2, 0.25) is 0 Å². The summed E-state index contributed by atoms with van der Waals surface area (Å²) in [5, 5.41) is 0. The zero-order valence-electron chi connectivity index (χ0n) is 12.6. The molecule has 1 aliphatic rings. The molecule has 2 N–H and O–H groups in total. The van der Waals surface area contributed by atoms with E-state index in [0.717, 1.165) is 38.2 Å². The predicted molar refractivity (Wildman–Crippen MR) is 80.6 cm³/mol. The predicted octanol–water partition coefficient (Wildman–Crippen LogP) is 1.39. The van der Waals surface area contributed by atoms with Crippen molar-refractivity contribution in [2.75, 3.05) is 32.4 Å². The molecule has 1 amide bonds. The standard InChI is InChI=1S/C15H24N4O/c1-4-5-13-8-12(9-14(16)17-13)15(20)19-7-6-18(3)11(2)10-19/h8-9,11H,4-7,10H2,1-3H3,(H2,16,17). The number of aryl methyl sites for hydroxylation is 1. The van der Waals surface area contributed by atoms with Crippen molar-refractivity contribution >= 4 is 11.7 Å². The number of piperazine rings is 1. The second-order valence-corrected chi connectivity index (χ2v) is 5.60. The molecular formula is C15H24N4O. The van der Waals surface area contributed by atoms with Crippen molar-refractivity contribution in [1.29, 1.82) is 0 Å². The van der Waals surface area contributed by atoms with Crippen LogP contribution < -0.4 is 5.73 Å². The lowest BCUT2D eigenvalue weighted by atomic mass is 10.1. The van der Waals surface area contributed by atoms with Crippen molar-refractivity contribution in [2.24, 2.45) is 0 Å². The summed E-state index contributed by atoms with van der Waals surface area (Å²) < 4.78 is 0. The third-order valence-electron chi connectivity index (χ3n) is 3.90. The third kappa shape index (κ3) is 3.28. The molecule has 1 aromatic rings. The maximum Gasteiger partial charge on any atom is 0.254 e. The summed E-state index contributed by atoms with van der Waals surface area (Å²) in [5.41, 5.74) is 7.38. The quantitative estimate of drug-likeness (QED) is 0.906. The van der Waals surface area contributed by atoms with E-state index in [1.54, 1.807) is 6.07 Å². The summed E-state index contributed by atoms with van der Waals surface area (Å²) in [6.45, 7) is 6.68. The van der Waals surface area contributed by atoms with Crippen LogP contribution in [0.2, 0.25) is 0 Å². The van der Waals surface area contributed by atoms with Gasteiger partial charge in [0.25, 0.3) is 5.91 Å². The van der Waals surface area contributed by atoms with Crippen LogP contribution in [0.5, 0.6) is 0 Å². The molecule has 0 saturated carbocycles. The third-order valence-corrected chi connectivity index (χ3v) is 3.90. The molecule has 2 rings (SSSR count). The highest BCUT2D eigenvalue weighted by Crippen LogP contribution is 2.15. The maximum absolute atomic E-state index is 12.6. The van der Waals surface area contributed by atoms with Gasteiger partial charge in [-0.15, -0.1) is 0 Å². The number of nitrogen functional groups attached to an aromatic ring is 1. The van der Waals surface area contributed by atoms with Gasteiger partial charge in [-0.3, -0.25) is 4.79 Å². The number of aromatic nitrogens is 1. The molecule has 0 bridgehead atoms. The van der Waals surface area contributed by atoms with Crippen LogP contribution in [0, 0.1) is 0 Å². The summed E-state index contributed by atoms with van der Waals surface area (Å²) in [6.07, 6.45) is 1.85. The number of hydrogen-bond donors (Lipinski definition) is 1. The average molecular weight is 276 g/mol. The zero-order valence-corrected chi connectivity index (χ0v) is 12.6. The Balaban J connectivity index is 2.16. The van der Waals surface area contributed by atoms with Gasteiger partial charge in [-0.25, -0.2) is 4.98 Å². The Kier molecular flexibility index (Phi) is 4.60. The Morgan fingerprint density at radius 3 is 2.85 bits per heavy atom. The fourth-order valence-electron chi connectivity index (χ4n) is 2.53. The van der Waals surface area contributed by atoms with E-state index in [1.165, 1.54) is 0 Å². The van der Waals surface area contributed by atoms with E-state index >= 15 is 0 Å². The highest BCUT2D eigenvalue weighted by atomic mass is 16.2. The van der Waals surface area contributed by atoms with Crippen LogP contribution in [0.15, 0.2) is 12.1 Å². The van der Waals surface area contributed by atoms with Gasteiger partial charge in [0, 0.05) is 36.9 Å². The van der Waals surface area contributed by atoms with Gasteiger partial charge >= 0.3 is 0 Å². The summed E-state index contributed by atoms with van der Waals surface area (Å²) in [5.74, 6) is 0.498. The van der Waals surface area contributed by atoms with Crippen molar-refractivity contribution in [3.8, 4) is 0 Å². The number of amides is 1. The second-order valence-electron chi connectivity index (χ2n) is 5.60. The zero-order chi connectivity index (χ0) is 14.7. The molecule has 5 heteroatoms. The van der Waals surface area contributed by atoms with E-state index in [9.17, 15) is 4.79 Å². The summed E-state index contributed by atoms with van der Waals surface area (Å²) in [4.78, 5) is 21.0. The number of likely N-dealkylation sites (N-methyl/N-ethyl adjacent to an activating group) is 1. The topological polar surface area (TPSA) is 62.5 Å². The van der Waals surface area contributed by atoms with E-state index < -0.39 is 0 Å². The lowest BCUT2D eigenvalue weighted by Crippen LogP contribution is -2.52. The van der Waals surface area contributed by atoms with Gasteiger partial charge < -0.3 is 15.5 Å². The Hall–Kier alpha value is -1.62. The normalized spacial score (nSPS) is 20.1. The molecule has 1 aromatic heterocycles. The van der Waals surface area contributed by atoms with Gasteiger partial charge in [-0.2, -0.15) is 0 Å². The van der Waals surface area contributed by atoms with E-state index in [4.69, 9.17) is 5.73 Å². The van der Waals surface area contributed by atoms with Crippen LogP contribution in [-0.2, 0) is 6.42 Å². The molecule has 1 fully saturated rings. The Morgan fingerprint density at radius 1 is 1.45 bits per heavy atom. The molecule has 5 nitrogen and oxygen atoms in total. The molecular weight excluding hydrogens is 252 g/mol. The second kappa shape index (κ2) is 6.22. The van der Waals surface area contributed by atoms with Crippen LogP contribution in [-0.4, -0.2) is 53.4 Å². The van der Waals surface area contributed by atoms with Crippen LogP contribution in [0.3, 0.4) is 0 Å². The van der Waals surface area contributed by atoms with Gasteiger partial charge in [0.1, 0.15) is 5.82 Å². The van der Waals surface area contributed by atoms with E-state index in [1.807, 2.05) is 11.0 Å². The monoisotopic (exact) mass is 276 g/mol. The number of pyridine rings is 1. The lowest BCUT2D eigenvalue weighted by molar-refractivity contribution is 0.0572. The molecule has 110 valence electrons. The van der Waals surface area contributed by atoms with Crippen molar-refractivity contribution in [3.05, 3.63) is 23.4 Å². The molecule has 0 radical (unpaired) electrons. The number of hydrogen-bond acceptors (Lipinski definition) is 4. The molecule has 1 aliphatic heterocycles. The molecule has 1 saturated heterocycles. The number of carbonyl (C=O) groups excluding carboxylic acids is 1. The van der Waals surface area contributed by atoms with Gasteiger partial charge in [0.05, 0.1) is 0 Å². The van der Waals surface area contributed by atoms with Crippen molar-refractivity contribution in [2.45, 2.75) is 32.7 Å². The van der Waals surface area contributed by atoms with E-state index in [0.29, 0.717) is 17.4 Å². The van der Waals surface area contributed by atoms with Crippen LogP contribution in [0.25, 0.3) is 0 Å². The van der Waals surface area contributed by atoms with Crippen LogP contribution in [0.4, 0.5) is 5.82 Å². The maximum atomic E-state index is 12.6. The molecule has 20 heavy (non-hydrogen) atoms. The minimum Gasteiger partial charge on any atom is -0.384 e. The first-order chi connectivity index (χ1) is 9.51. The van der Waals surface area contributed by atoms with Crippen LogP contribution >= 0.6 is 0 Å². The van der Waals surface area contributed by atoms with Gasteiger partial charge in [-0.05, 0) is 32.5 Å². The Labute approximate surface area is 120 Å². The summed E-state index contributed by atoms with van der Waals surface area (Å²) in [7, 11) is 2.09. The number of anilines is 1. The summed E-state index contributed by atoms with van der Waals surface area (Å²) in [6, 6.07) is 3.96. The van der Waals surface area contributed by atoms with Crippen molar-refractivity contribution in [3.63, 3.8) is 0 Å². The van der Waals surface area contributed by atoms with E-state index in [-0.39, 0.29) is 5.91 Å². The molecule has 0 aliphatic carbocycles. The lowest BCUT2D eigenvalue weighted by Gasteiger charge is -2.37. The molecule has 2 heterocycles. The highest BCUT2D eigenvalue weighted by Gasteiger charge is 2.25. The number of carbonyl (C=O) groups is 1. The fourth-order valence-corrected chi connectivity index (χ4v) is 2.53. The molecule has 1 unspecified atom stereocenters. The van der Waals surface area contributed by atoms with Crippen molar-refractivity contribution in [1.82, 2.24) is 14.8 Å². The summed E-state index contributed by atoms with van der Waals surface area (Å²) >= 11 is 0. The first-order valence-electron chi connectivity index (χ1n) is 7.27. The molecule has 0 aromatic carbocycles.